The van der Waals surface area contributed by atoms with Gasteiger partial charge in [-0.25, -0.2) is 0 Å². The summed E-state index contributed by atoms with van der Waals surface area (Å²) in [5, 5.41) is 0.905. The molecule has 2 aromatic carbocycles. The van der Waals surface area contributed by atoms with Gasteiger partial charge < -0.3 is 8.98 Å². The first-order chi connectivity index (χ1) is 11.1. The fraction of sp³-hybridized carbons (Fsp3) is 0.111. The highest BCUT2D eigenvalue weighted by Gasteiger charge is 2.12. The van der Waals surface area contributed by atoms with Crippen LogP contribution in [0.1, 0.15) is 16.1 Å². The van der Waals surface area contributed by atoms with E-state index >= 15 is 0 Å². The van der Waals surface area contributed by atoms with Gasteiger partial charge in [0.15, 0.2) is 10.6 Å². The minimum Gasteiger partial charge on any atom is -0.451 e. The van der Waals surface area contributed by atoms with E-state index in [1.165, 1.54) is 16.9 Å². The number of benzene rings is 2. The molecular formula is C18H14N2O2S. The molecule has 0 saturated heterocycles. The summed E-state index contributed by atoms with van der Waals surface area (Å²) >= 11 is 1.50. The smallest absolute Gasteiger partial charge is 0.315 e. The molecule has 0 atom stereocenters. The largest absolute Gasteiger partial charge is 0.451 e. The standard InChI is InChI=1S/C18H14N2O2S/c1-11-7-8-13-16(9-11)23-18(20(13)2)19-17(21)15-10-12-5-3-4-6-14(12)22-15/h3-10H,1-2H3. The number of carbonyl (C=O) groups excluding carboxylic acids is 1. The highest BCUT2D eigenvalue weighted by molar-refractivity contribution is 7.16. The number of furan rings is 1. The van der Waals surface area contributed by atoms with Crippen molar-refractivity contribution in [1.82, 2.24) is 4.57 Å². The molecule has 2 heterocycles. The molecule has 5 heteroatoms. The Morgan fingerprint density at radius 3 is 2.83 bits per heavy atom. The Hall–Kier alpha value is -2.66. The number of carbonyl (C=O) groups is 1. The van der Waals surface area contributed by atoms with Crippen LogP contribution in [0, 0.1) is 6.92 Å². The first kappa shape index (κ1) is 14.0. The minimum absolute atomic E-state index is 0.264. The first-order valence-corrected chi connectivity index (χ1v) is 8.07. The van der Waals surface area contributed by atoms with Gasteiger partial charge in [0.25, 0.3) is 0 Å². The predicted octanol–water partition coefficient (Wildman–Crippen LogP) is 4.04. The van der Waals surface area contributed by atoms with Crippen molar-refractivity contribution in [2.75, 3.05) is 0 Å². The van der Waals surface area contributed by atoms with E-state index in [1.807, 2.05) is 41.9 Å². The van der Waals surface area contributed by atoms with Crippen LogP contribution >= 0.6 is 11.3 Å². The summed E-state index contributed by atoms with van der Waals surface area (Å²) in [4.78, 5) is 17.3. The molecule has 1 amide bonds. The van der Waals surface area contributed by atoms with Crippen molar-refractivity contribution in [1.29, 1.82) is 0 Å². The third-order valence-electron chi connectivity index (χ3n) is 3.80. The van der Waals surface area contributed by atoms with Gasteiger partial charge in [-0.3, -0.25) is 4.79 Å². The van der Waals surface area contributed by atoms with E-state index in [4.69, 9.17) is 4.42 Å². The lowest BCUT2D eigenvalue weighted by Gasteiger charge is -1.95. The molecule has 23 heavy (non-hydrogen) atoms. The molecule has 0 radical (unpaired) electrons. The molecule has 0 saturated carbocycles. The average molecular weight is 322 g/mol. The second-order valence-corrected chi connectivity index (χ2v) is 6.49. The Morgan fingerprint density at radius 1 is 1.17 bits per heavy atom. The van der Waals surface area contributed by atoms with Gasteiger partial charge in [0.05, 0.1) is 10.2 Å². The van der Waals surface area contributed by atoms with E-state index in [9.17, 15) is 4.79 Å². The molecule has 0 bridgehead atoms. The van der Waals surface area contributed by atoms with Crippen molar-refractivity contribution in [2.45, 2.75) is 6.92 Å². The SMILES string of the molecule is Cc1ccc2c(c1)sc(=NC(=O)c1cc3ccccc3o1)n2C. The number of aryl methyl sites for hydroxylation is 2. The Balaban J connectivity index is 1.83. The van der Waals surface area contributed by atoms with Gasteiger partial charge in [0.2, 0.25) is 0 Å². The monoisotopic (exact) mass is 322 g/mol. The number of rotatable bonds is 1. The fourth-order valence-corrected chi connectivity index (χ4v) is 3.69. The molecule has 0 aliphatic rings. The van der Waals surface area contributed by atoms with Gasteiger partial charge in [0, 0.05) is 12.4 Å². The third kappa shape index (κ3) is 2.39. The molecule has 4 nitrogen and oxygen atoms in total. The second kappa shape index (κ2) is 5.21. The van der Waals surface area contributed by atoms with Crippen LogP contribution in [-0.2, 0) is 7.05 Å². The van der Waals surface area contributed by atoms with Crippen LogP contribution < -0.4 is 4.80 Å². The van der Waals surface area contributed by atoms with E-state index in [0.717, 1.165) is 15.6 Å². The number of aromatic nitrogens is 1. The van der Waals surface area contributed by atoms with E-state index < -0.39 is 0 Å². The molecule has 4 rings (SSSR count). The van der Waals surface area contributed by atoms with Crippen molar-refractivity contribution in [3.05, 3.63) is 64.7 Å². The number of para-hydroxylation sites is 1. The Bertz CT molecular complexity index is 1080. The molecule has 0 unspecified atom stereocenters. The van der Waals surface area contributed by atoms with E-state index in [1.54, 1.807) is 6.07 Å². The summed E-state index contributed by atoms with van der Waals surface area (Å²) in [5.74, 6) is -0.0973. The first-order valence-electron chi connectivity index (χ1n) is 7.25. The number of amides is 1. The summed E-state index contributed by atoms with van der Waals surface area (Å²) < 4.78 is 8.63. The summed E-state index contributed by atoms with van der Waals surface area (Å²) in [7, 11) is 1.92. The van der Waals surface area contributed by atoms with Crippen molar-refractivity contribution in [3.63, 3.8) is 0 Å². The van der Waals surface area contributed by atoms with Crippen molar-refractivity contribution in [2.24, 2.45) is 12.0 Å². The maximum absolute atomic E-state index is 12.4. The minimum atomic E-state index is -0.361. The van der Waals surface area contributed by atoms with Crippen molar-refractivity contribution >= 4 is 38.4 Å². The fourth-order valence-electron chi connectivity index (χ4n) is 2.58. The van der Waals surface area contributed by atoms with Gasteiger partial charge >= 0.3 is 5.91 Å². The van der Waals surface area contributed by atoms with Crippen LogP contribution in [-0.4, -0.2) is 10.5 Å². The number of nitrogens with zero attached hydrogens (tertiary/aromatic N) is 2. The van der Waals surface area contributed by atoms with Gasteiger partial charge in [-0.15, -0.1) is 0 Å². The lowest BCUT2D eigenvalue weighted by Crippen LogP contribution is -2.12. The third-order valence-corrected chi connectivity index (χ3v) is 4.89. The quantitative estimate of drug-likeness (QED) is 0.531. The molecule has 0 N–H and O–H groups in total. The van der Waals surface area contributed by atoms with Crippen LogP contribution in [0.4, 0.5) is 0 Å². The van der Waals surface area contributed by atoms with Gasteiger partial charge in [-0.1, -0.05) is 35.6 Å². The van der Waals surface area contributed by atoms with Gasteiger partial charge in [0.1, 0.15) is 5.58 Å². The zero-order valence-electron chi connectivity index (χ0n) is 12.7. The number of hydrogen-bond donors (Lipinski definition) is 0. The highest BCUT2D eigenvalue weighted by atomic mass is 32.1. The predicted molar refractivity (Wildman–Crippen MR) is 91.6 cm³/mol. The van der Waals surface area contributed by atoms with Crippen LogP contribution in [0.2, 0.25) is 0 Å². The highest BCUT2D eigenvalue weighted by Crippen LogP contribution is 2.20. The molecular weight excluding hydrogens is 308 g/mol. The molecule has 114 valence electrons. The van der Waals surface area contributed by atoms with Gasteiger partial charge in [-0.05, 0) is 36.8 Å². The summed E-state index contributed by atoms with van der Waals surface area (Å²) in [5.41, 5.74) is 2.95. The van der Waals surface area contributed by atoms with Crippen molar-refractivity contribution in [3.8, 4) is 0 Å². The number of hydrogen-bond acceptors (Lipinski definition) is 3. The normalized spacial score (nSPS) is 12.3. The van der Waals surface area contributed by atoms with E-state index in [0.29, 0.717) is 10.4 Å². The zero-order valence-corrected chi connectivity index (χ0v) is 13.6. The summed E-state index contributed by atoms with van der Waals surface area (Å²) in [6.07, 6.45) is 0. The molecule has 0 aliphatic carbocycles. The number of fused-ring (bicyclic) bond motifs is 2. The second-order valence-electron chi connectivity index (χ2n) is 5.48. The topological polar surface area (TPSA) is 47.5 Å². The lowest BCUT2D eigenvalue weighted by molar-refractivity contribution is 0.0973. The van der Waals surface area contributed by atoms with Gasteiger partial charge in [-0.2, -0.15) is 4.99 Å². The van der Waals surface area contributed by atoms with Crippen LogP contribution in [0.15, 0.2) is 57.9 Å². The Labute approximate surface area is 136 Å². The average Bonchev–Trinajstić information content (AvgIpc) is 3.09. The van der Waals surface area contributed by atoms with E-state index in [2.05, 4.69) is 24.0 Å². The molecule has 0 aliphatic heterocycles. The summed E-state index contributed by atoms with van der Waals surface area (Å²) in [6, 6.07) is 15.5. The Morgan fingerprint density at radius 2 is 2.00 bits per heavy atom. The van der Waals surface area contributed by atoms with E-state index in [-0.39, 0.29) is 11.7 Å². The number of thiazole rings is 1. The van der Waals surface area contributed by atoms with Crippen LogP contribution in [0.25, 0.3) is 21.2 Å². The Kier molecular flexibility index (Phi) is 3.16. The molecule has 0 spiro atoms. The lowest BCUT2D eigenvalue weighted by atomic mass is 10.2. The maximum Gasteiger partial charge on any atom is 0.315 e. The van der Waals surface area contributed by atoms with Crippen LogP contribution in [0.3, 0.4) is 0 Å². The molecule has 0 fully saturated rings. The van der Waals surface area contributed by atoms with Crippen LogP contribution in [0.5, 0.6) is 0 Å². The molecule has 2 aromatic heterocycles. The zero-order chi connectivity index (χ0) is 16.0. The maximum atomic E-state index is 12.4. The summed E-state index contributed by atoms with van der Waals surface area (Å²) in [6.45, 7) is 2.05. The molecule has 4 aromatic rings. The van der Waals surface area contributed by atoms with Crippen molar-refractivity contribution < 1.29 is 9.21 Å².